The number of rotatable bonds is 4. The summed E-state index contributed by atoms with van der Waals surface area (Å²) in [5.41, 5.74) is 0. The van der Waals surface area contributed by atoms with Crippen LogP contribution in [0.4, 0.5) is 0 Å². The molecule has 1 aliphatic heterocycles. The van der Waals surface area contributed by atoms with Gasteiger partial charge in [0, 0.05) is 26.2 Å². The second kappa shape index (κ2) is 6.77. The van der Waals surface area contributed by atoms with Gasteiger partial charge in [0.1, 0.15) is 4.90 Å². The van der Waals surface area contributed by atoms with E-state index in [1.807, 2.05) is 4.90 Å². The third-order valence-corrected chi connectivity index (χ3v) is 5.24. The van der Waals surface area contributed by atoms with E-state index in [2.05, 4.69) is 9.97 Å². The van der Waals surface area contributed by atoms with Gasteiger partial charge in [0.25, 0.3) is 0 Å². The van der Waals surface area contributed by atoms with Crippen molar-refractivity contribution in [3.05, 3.63) is 17.7 Å². The average molecular weight is 321 g/mol. The molecular formula is C11H17ClN4O3S. The Morgan fingerprint density at radius 3 is 2.55 bits per heavy atom. The van der Waals surface area contributed by atoms with Crippen molar-refractivity contribution in [2.75, 3.05) is 39.3 Å². The zero-order valence-corrected chi connectivity index (χ0v) is 12.5. The van der Waals surface area contributed by atoms with Crippen molar-refractivity contribution in [2.24, 2.45) is 0 Å². The van der Waals surface area contributed by atoms with Crippen molar-refractivity contribution in [1.29, 1.82) is 0 Å². The highest BCUT2D eigenvalue weighted by molar-refractivity contribution is 7.89. The molecule has 0 saturated carbocycles. The van der Waals surface area contributed by atoms with Crippen molar-refractivity contribution >= 4 is 21.6 Å². The summed E-state index contributed by atoms with van der Waals surface area (Å²) in [6.07, 6.45) is 3.18. The molecule has 0 unspecified atom stereocenters. The van der Waals surface area contributed by atoms with Gasteiger partial charge < -0.3 is 5.11 Å². The van der Waals surface area contributed by atoms with Crippen LogP contribution in [0.1, 0.15) is 6.42 Å². The summed E-state index contributed by atoms with van der Waals surface area (Å²) < 4.78 is 26.3. The van der Waals surface area contributed by atoms with Crippen molar-refractivity contribution in [2.45, 2.75) is 11.3 Å². The van der Waals surface area contributed by atoms with Crippen LogP contribution in [0, 0.1) is 0 Å². The van der Waals surface area contributed by atoms with E-state index in [0.29, 0.717) is 26.2 Å². The van der Waals surface area contributed by atoms with Gasteiger partial charge in [0.2, 0.25) is 15.3 Å². The highest BCUT2D eigenvalue weighted by atomic mass is 35.5. The Morgan fingerprint density at radius 1 is 1.20 bits per heavy atom. The molecule has 2 rings (SSSR count). The summed E-state index contributed by atoms with van der Waals surface area (Å²) in [6.45, 7) is 2.88. The summed E-state index contributed by atoms with van der Waals surface area (Å²) in [7, 11) is -3.58. The fraction of sp³-hybridized carbons (Fsp3) is 0.636. The average Bonchev–Trinajstić information content (AvgIpc) is 2.66. The molecule has 20 heavy (non-hydrogen) atoms. The van der Waals surface area contributed by atoms with E-state index in [9.17, 15) is 8.42 Å². The second-order valence-corrected chi connectivity index (χ2v) is 6.79. The van der Waals surface area contributed by atoms with Gasteiger partial charge in [0.05, 0.1) is 19.0 Å². The van der Waals surface area contributed by atoms with Crippen LogP contribution in [0.15, 0.2) is 17.3 Å². The molecule has 1 fully saturated rings. The molecule has 2 heterocycles. The van der Waals surface area contributed by atoms with Crippen LogP contribution in [-0.4, -0.2) is 72.0 Å². The summed E-state index contributed by atoms with van der Waals surface area (Å²) in [5.74, 6) is 0. The van der Waals surface area contributed by atoms with E-state index < -0.39 is 10.0 Å². The number of aliphatic hydroxyl groups is 1. The Labute approximate surface area is 123 Å². The van der Waals surface area contributed by atoms with Crippen molar-refractivity contribution in [3.8, 4) is 0 Å². The van der Waals surface area contributed by atoms with E-state index in [4.69, 9.17) is 16.7 Å². The van der Waals surface area contributed by atoms with Gasteiger partial charge in [-0.15, -0.1) is 0 Å². The molecule has 0 bridgehead atoms. The van der Waals surface area contributed by atoms with Crippen LogP contribution < -0.4 is 0 Å². The number of aliphatic hydroxyl groups excluding tert-OH is 1. The lowest BCUT2D eigenvalue weighted by atomic mass is 10.4. The van der Waals surface area contributed by atoms with E-state index >= 15 is 0 Å². The molecule has 1 aliphatic rings. The van der Waals surface area contributed by atoms with Crippen LogP contribution in [0.5, 0.6) is 0 Å². The maximum atomic E-state index is 12.5. The molecular weight excluding hydrogens is 304 g/mol. The smallest absolute Gasteiger partial charge is 0.246 e. The Balaban J connectivity index is 2.11. The van der Waals surface area contributed by atoms with Crippen LogP contribution >= 0.6 is 11.6 Å². The summed E-state index contributed by atoms with van der Waals surface area (Å²) in [6, 6.07) is 0. The van der Waals surface area contributed by atoms with Crippen LogP contribution in [0.25, 0.3) is 0 Å². The third-order valence-electron chi connectivity index (χ3n) is 3.20. The summed E-state index contributed by atoms with van der Waals surface area (Å²) >= 11 is 5.57. The Kier molecular flexibility index (Phi) is 5.28. The lowest BCUT2D eigenvalue weighted by molar-refractivity contribution is 0.202. The quantitative estimate of drug-likeness (QED) is 0.774. The molecule has 0 aliphatic carbocycles. The van der Waals surface area contributed by atoms with E-state index in [-0.39, 0.29) is 16.8 Å². The Morgan fingerprint density at radius 2 is 1.90 bits per heavy atom. The van der Waals surface area contributed by atoms with Crippen LogP contribution in [0.2, 0.25) is 5.28 Å². The minimum absolute atomic E-state index is 0.0222. The van der Waals surface area contributed by atoms with Gasteiger partial charge in [-0.25, -0.2) is 18.4 Å². The normalized spacial score (nSPS) is 18.9. The molecule has 1 aromatic rings. The first-order valence-corrected chi connectivity index (χ1v) is 8.17. The molecule has 7 nitrogen and oxygen atoms in total. The number of β-amino-alcohol motifs (C(OH)–C–C–N with tert-alkyl or cyclic N) is 1. The third kappa shape index (κ3) is 3.64. The van der Waals surface area contributed by atoms with E-state index in [0.717, 1.165) is 13.0 Å². The standard InChI is InChI=1S/C11H17ClN4O3S/c12-11-13-8-10(9-14-11)20(18,19)16-3-1-2-15(4-5-16)6-7-17/h8-9,17H,1-7H2. The second-order valence-electron chi connectivity index (χ2n) is 4.51. The molecule has 0 amide bonds. The highest BCUT2D eigenvalue weighted by Crippen LogP contribution is 2.16. The van der Waals surface area contributed by atoms with Gasteiger partial charge in [-0.1, -0.05) is 0 Å². The van der Waals surface area contributed by atoms with Crippen LogP contribution in [-0.2, 0) is 10.0 Å². The molecule has 1 N–H and O–H groups in total. The fourth-order valence-electron chi connectivity index (χ4n) is 2.14. The van der Waals surface area contributed by atoms with Gasteiger partial charge in [-0.05, 0) is 24.6 Å². The largest absolute Gasteiger partial charge is 0.395 e. The number of nitrogens with zero attached hydrogens (tertiary/aromatic N) is 4. The molecule has 0 atom stereocenters. The molecule has 9 heteroatoms. The summed E-state index contributed by atoms with van der Waals surface area (Å²) in [5, 5.41) is 8.96. The maximum Gasteiger partial charge on any atom is 0.246 e. The monoisotopic (exact) mass is 320 g/mol. The zero-order chi connectivity index (χ0) is 14.6. The minimum atomic E-state index is -3.58. The van der Waals surface area contributed by atoms with Crippen LogP contribution in [0.3, 0.4) is 0 Å². The number of sulfonamides is 1. The van der Waals surface area contributed by atoms with E-state index in [1.165, 1.54) is 16.7 Å². The molecule has 112 valence electrons. The van der Waals surface area contributed by atoms with E-state index in [1.54, 1.807) is 0 Å². The van der Waals surface area contributed by atoms with Gasteiger partial charge in [0.15, 0.2) is 0 Å². The minimum Gasteiger partial charge on any atom is -0.395 e. The lowest BCUT2D eigenvalue weighted by Gasteiger charge is -2.20. The summed E-state index contributed by atoms with van der Waals surface area (Å²) in [4.78, 5) is 9.53. The van der Waals surface area contributed by atoms with Crippen molar-refractivity contribution in [1.82, 2.24) is 19.2 Å². The first kappa shape index (κ1) is 15.6. The predicted molar refractivity (Wildman–Crippen MR) is 73.9 cm³/mol. The Bertz CT molecular complexity index is 537. The Hall–Kier alpha value is -0.800. The predicted octanol–water partition coefficient (Wildman–Crippen LogP) is -0.181. The lowest BCUT2D eigenvalue weighted by Crippen LogP contribution is -2.36. The first-order valence-electron chi connectivity index (χ1n) is 6.35. The number of halogens is 1. The molecule has 0 aromatic carbocycles. The molecule has 1 saturated heterocycles. The van der Waals surface area contributed by atoms with Gasteiger partial charge in [-0.3, -0.25) is 4.90 Å². The molecule has 1 aromatic heterocycles. The maximum absolute atomic E-state index is 12.5. The number of aromatic nitrogens is 2. The van der Waals surface area contributed by atoms with Crippen molar-refractivity contribution < 1.29 is 13.5 Å². The molecule has 0 radical (unpaired) electrons. The molecule has 0 spiro atoms. The fourth-order valence-corrected chi connectivity index (χ4v) is 3.59. The van der Waals surface area contributed by atoms with Gasteiger partial charge in [-0.2, -0.15) is 4.31 Å². The first-order chi connectivity index (χ1) is 9.54. The number of hydrogen-bond donors (Lipinski definition) is 1. The van der Waals surface area contributed by atoms with Crippen molar-refractivity contribution in [3.63, 3.8) is 0 Å². The highest BCUT2D eigenvalue weighted by Gasteiger charge is 2.27. The SMILES string of the molecule is O=S(=O)(c1cnc(Cl)nc1)N1CCCN(CCO)CC1. The topological polar surface area (TPSA) is 86.6 Å². The number of hydrogen-bond acceptors (Lipinski definition) is 6. The van der Waals surface area contributed by atoms with Gasteiger partial charge >= 0.3 is 0 Å². The zero-order valence-electron chi connectivity index (χ0n) is 10.9.